The lowest BCUT2D eigenvalue weighted by Gasteiger charge is -2.13. The van der Waals surface area contributed by atoms with E-state index in [1.54, 1.807) is 31.3 Å². The molecule has 5 heteroatoms. The van der Waals surface area contributed by atoms with Crippen molar-refractivity contribution in [2.45, 2.75) is 19.9 Å². The van der Waals surface area contributed by atoms with Gasteiger partial charge in [0.25, 0.3) is 5.91 Å². The summed E-state index contributed by atoms with van der Waals surface area (Å²) in [6.45, 7) is 3.60. The van der Waals surface area contributed by atoms with Crippen molar-refractivity contribution in [1.82, 2.24) is 10.3 Å². The zero-order valence-corrected chi connectivity index (χ0v) is 11.0. The first kappa shape index (κ1) is 12.6. The Labute approximate surface area is 109 Å². The molecule has 94 valence electrons. The zero-order valence-electron chi connectivity index (χ0n) is 10.2. The summed E-state index contributed by atoms with van der Waals surface area (Å²) in [5, 5.41) is 15.2. The van der Waals surface area contributed by atoms with E-state index in [1.165, 1.54) is 11.3 Å². The van der Waals surface area contributed by atoms with Crippen molar-refractivity contribution < 1.29 is 9.90 Å². The van der Waals surface area contributed by atoms with E-state index in [9.17, 15) is 9.90 Å². The summed E-state index contributed by atoms with van der Waals surface area (Å²) < 4.78 is 0. The molecular formula is C13H14N2O2S. The van der Waals surface area contributed by atoms with Gasteiger partial charge in [-0.1, -0.05) is 6.07 Å². The number of thiazole rings is 1. The lowest BCUT2D eigenvalue weighted by atomic mass is 10.1. The number of carbonyl (C=O) groups is 1. The van der Waals surface area contributed by atoms with Gasteiger partial charge in [0.2, 0.25) is 0 Å². The number of aromatic hydroxyl groups is 1. The fourth-order valence-corrected chi connectivity index (χ4v) is 2.30. The van der Waals surface area contributed by atoms with Gasteiger partial charge in [-0.2, -0.15) is 0 Å². The number of benzene rings is 1. The topological polar surface area (TPSA) is 62.2 Å². The first-order valence-electron chi connectivity index (χ1n) is 5.58. The van der Waals surface area contributed by atoms with Gasteiger partial charge in [-0.15, -0.1) is 11.3 Å². The molecule has 0 aliphatic carbocycles. The Morgan fingerprint density at radius 1 is 1.50 bits per heavy atom. The maximum atomic E-state index is 12.1. The summed E-state index contributed by atoms with van der Waals surface area (Å²) in [7, 11) is 0. The van der Waals surface area contributed by atoms with Crippen LogP contribution in [-0.4, -0.2) is 16.0 Å². The smallest absolute Gasteiger partial charge is 0.252 e. The third kappa shape index (κ3) is 2.51. The van der Waals surface area contributed by atoms with Gasteiger partial charge in [0.1, 0.15) is 10.8 Å². The van der Waals surface area contributed by atoms with Gasteiger partial charge in [-0.05, 0) is 26.0 Å². The SMILES string of the molecule is Cc1c(O)cccc1C(=O)NC(C)c1nccs1. The highest BCUT2D eigenvalue weighted by molar-refractivity contribution is 7.09. The summed E-state index contributed by atoms with van der Waals surface area (Å²) in [5.41, 5.74) is 1.07. The number of amides is 1. The number of rotatable bonds is 3. The number of phenolic OH excluding ortho intramolecular Hbond substituents is 1. The van der Waals surface area contributed by atoms with Crippen LogP contribution < -0.4 is 5.32 Å². The zero-order chi connectivity index (χ0) is 13.1. The van der Waals surface area contributed by atoms with Crippen LogP contribution in [-0.2, 0) is 0 Å². The second kappa shape index (κ2) is 5.18. The molecule has 0 spiro atoms. The van der Waals surface area contributed by atoms with Gasteiger partial charge in [0.15, 0.2) is 0 Å². The molecule has 0 bridgehead atoms. The molecule has 1 aromatic heterocycles. The lowest BCUT2D eigenvalue weighted by Crippen LogP contribution is -2.27. The molecule has 4 nitrogen and oxygen atoms in total. The van der Waals surface area contributed by atoms with Gasteiger partial charge >= 0.3 is 0 Å². The largest absolute Gasteiger partial charge is 0.508 e. The van der Waals surface area contributed by atoms with Crippen molar-refractivity contribution >= 4 is 17.2 Å². The Hall–Kier alpha value is -1.88. The van der Waals surface area contributed by atoms with Crippen LogP contribution in [0, 0.1) is 6.92 Å². The molecule has 1 atom stereocenters. The minimum absolute atomic E-state index is 0.129. The fraction of sp³-hybridized carbons (Fsp3) is 0.231. The average molecular weight is 262 g/mol. The highest BCUT2D eigenvalue weighted by Crippen LogP contribution is 2.21. The third-order valence-corrected chi connectivity index (χ3v) is 3.68. The third-order valence-electron chi connectivity index (χ3n) is 2.72. The summed E-state index contributed by atoms with van der Waals surface area (Å²) in [6, 6.07) is 4.78. The van der Waals surface area contributed by atoms with Crippen molar-refractivity contribution in [2.24, 2.45) is 0 Å². The molecule has 2 rings (SSSR count). The van der Waals surface area contributed by atoms with E-state index in [1.807, 2.05) is 12.3 Å². The van der Waals surface area contributed by atoms with Crippen LogP contribution in [0.3, 0.4) is 0 Å². The normalized spacial score (nSPS) is 12.1. The molecule has 1 heterocycles. The highest BCUT2D eigenvalue weighted by atomic mass is 32.1. The van der Waals surface area contributed by atoms with Crippen molar-refractivity contribution in [3.8, 4) is 5.75 Å². The Kier molecular flexibility index (Phi) is 3.62. The Morgan fingerprint density at radius 3 is 2.94 bits per heavy atom. The van der Waals surface area contributed by atoms with Crippen molar-refractivity contribution in [3.05, 3.63) is 45.9 Å². The molecule has 2 aromatic rings. The molecule has 0 radical (unpaired) electrons. The molecule has 1 amide bonds. The molecular weight excluding hydrogens is 248 g/mol. The number of hydrogen-bond donors (Lipinski definition) is 2. The van der Waals surface area contributed by atoms with Crippen LogP contribution in [0.4, 0.5) is 0 Å². The number of phenols is 1. The predicted molar refractivity (Wildman–Crippen MR) is 70.8 cm³/mol. The minimum atomic E-state index is -0.203. The molecule has 0 aliphatic rings. The van der Waals surface area contributed by atoms with Gasteiger partial charge < -0.3 is 10.4 Å². The van der Waals surface area contributed by atoms with Crippen LogP contribution in [0.5, 0.6) is 5.75 Å². The van der Waals surface area contributed by atoms with E-state index in [0.29, 0.717) is 11.1 Å². The lowest BCUT2D eigenvalue weighted by molar-refractivity contribution is 0.0938. The molecule has 1 aromatic carbocycles. The Balaban J connectivity index is 2.15. The number of hydrogen-bond acceptors (Lipinski definition) is 4. The van der Waals surface area contributed by atoms with Crippen molar-refractivity contribution in [1.29, 1.82) is 0 Å². The summed E-state index contributed by atoms with van der Waals surface area (Å²) >= 11 is 1.50. The van der Waals surface area contributed by atoms with E-state index >= 15 is 0 Å². The number of carbonyl (C=O) groups excluding carboxylic acids is 1. The van der Waals surface area contributed by atoms with Gasteiger partial charge in [-0.3, -0.25) is 4.79 Å². The standard InChI is InChI=1S/C13H14N2O2S/c1-8-10(4-3-5-11(8)16)12(17)15-9(2)13-14-6-7-18-13/h3-7,9,16H,1-2H3,(H,15,17). The summed E-state index contributed by atoms with van der Waals surface area (Å²) in [6.07, 6.45) is 1.71. The molecule has 0 aliphatic heterocycles. The molecule has 18 heavy (non-hydrogen) atoms. The average Bonchev–Trinajstić information content (AvgIpc) is 2.86. The van der Waals surface area contributed by atoms with Crippen LogP contribution in [0.2, 0.25) is 0 Å². The van der Waals surface area contributed by atoms with Gasteiger partial charge in [0.05, 0.1) is 6.04 Å². The summed E-state index contributed by atoms with van der Waals surface area (Å²) in [5.74, 6) is -0.0735. The van der Waals surface area contributed by atoms with E-state index < -0.39 is 0 Å². The molecule has 0 fully saturated rings. The van der Waals surface area contributed by atoms with E-state index in [-0.39, 0.29) is 17.7 Å². The monoisotopic (exact) mass is 262 g/mol. The van der Waals surface area contributed by atoms with Gasteiger partial charge in [-0.25, -0.2) is 4.98 Å². The molecule has 0 saturated heterocycles. The first-order chi connectivity index (χ1) is 8.59. The Bertz CT molecular complexity index is 552. The quantitative estimate of drug-likeness (QED) is 0.894. The van der Waals surface area contributed by atoms with Crippen molar-refractivity contribution in [2.75, 3.05) is 0 Å². The number of nitrogens with zero attached hydrogens (tertiary/aromatic N) is 1. The van der Waals surface area contributed by atoms with E-state index in [4.69, 9.17) is 0 Å². The maximum Gasteiger partial charge on any atom is 0.252 e. The summed E-state index contributed by atoms with van der Waals surface area (Å²) in [4.78, 5) is 16.2. The second-order valence-electron chi connectivity index (χ2n) is 4.02. The van der Waals surface area contributed by atoms with Gasteiger partial charge in [0, 0.05) is 22.7 Å². The highest BCUT2D eigenvalue weighted by Gasteiger charge is 2.15. The van der Waals surface area contributed by atoms with Crippen LogP contribution in [0.15, 0.2) is 29.8 Å². The van der Waals surface area contributed by atoms with Crippen LogP contribution in [0.1, 0.15) is 33.9 Å². The fourth-order valence-electron chi connectivity index (χ4n) is 1.65. The van der Waals surface area contributed by atoms with Crippen LogP contribution >= 0.6 is 11.3 Å². The Morgan fingerprint density at radius 2 is 2.28 bits per heavy atom. The molecule has 2 N–H and O–H groups in total. The number of nitrogens with one attached hydrogen (secondary N) is 1. The molecule has 1 unspecified atom stereocenters. The maximum absolute atomic E-state index is 12.1. The second-order valence-corrected chi connectivity index (χ2v) is 4.94. The predicted octanol–water partition coefficient (Wildman–Crippen LogP) is 2.65. The molecule has 0 saturated carbocycles. The van der Waals surface area contributed by atoms with Crippen molar-refractivity contribution in [3.63, 3.8) is 0 Å². The van der Waals surface area contributed by atoms with E-state index in [0.717, 1.165) is 5.01 Å². The minimum Gasteiger partial charge on any atom is -0.508 e. The van der Waals surface area contributed by atoms with E-state index in [2.05, 4.69) is 10.3 Å². The van der Waals surface area contributed by atoms with Crippen LogP contribution in [0.25, 0.3) is 0 Å². The first-order valence-corrected chi connectivity index (χ1v) is 6.46. The number of aromatic nitrogens is 1.